The molecule has 0 spiro atoms. The van der Waals surface area contributed by atoms with Gasteiger partial charge in [0.1, 0.15) is 0 Å². The minimum Gasteiger partial charge on any atom is -0.657 e. The minimum absolute atomic E-state index is 0. The van der Waals surface area contributed by atoms with Crippen molar-refractivity contribution in [3.63, 3.8) is 0 Å². The second kappa shape index (κ2) is 32.3. The molecule has 1 N–H and O–H groups in total. The topological polar surface area (TPSA) is 50.5 Å². The molecule has 0 amide bonds. The van der Waals surface area contributed by atoms with E-state index in [1.165, 1.54) is 162 Å². The van der Waals surface area contributed by atoms with Crippen LogP contribution in [0.25, 0.3) is 49.6 Å². The fourth-order valence-corrected chi connectivity index (χ4v) is 12.8. The third-order valence-corrected chi connectivity index (χ3v) is 18.0. The molecule has 4 nitrogen and oxygen atoms in total. The number of unbranched alkanes of at least 4 members (excludes halogenated alkanes) is 10. The molecule has 5 heteroatoms. The largest absolute Gasteiger partial charge is 0.657 e. The van der Waals surface area contributed by atoms with Crippen molar-refractivity contribution in [2.45, 2.75) is 181 Å². The molecule has 11 rings (SSSR count). The van der Waals surface area contributed by atoms with Gasteiger partial charge in [-0.3, -0.25) is 0 Å². The Bertz CT molecular complexity index is 3400. The molecule has 1 radical (unpaired) electrons. The molecule has 2 heterocycles. The van der Waals surface area contributed by atoms with Crippen LogP contribution in [-0.2, 0) is 25.5 Å². The van der Waals surface area contributed by atoms with Crippen molar-refractivity contribution in [2.24, 2.45) is 0 Å². The standard InChI is InChI=1S/C53H67N.C15H10N.C12H16NO.Ir/c1-7-10-12-14-16-18-36-53(37-19-17-15-13-11-8-2)51-38-41(5)22-34-49(51)50-35-27-45(39-52(50)53)44-25-32-48(33-26-44)54(46-28-20-40(4)21-29-46)47-30-23-43(24-31-47)42(6)9-3;1-2-7-13(8-3-1)15-14-9-5-4-6-12(14)10-11-16-15;1-9-4-6-10(7-5-9)12(14)11-3-2-8-13-11;/h20-35,38-39,42H,7-19,36-37H2,1-6H3;1-7,9-11H;4-7,11-12,14H,2-3,8H2,1H3;/q;2*-1;. The van der Waals surface area contributed by atoms with Gasteiger partial charge >= 0.3 is 0 Å². The number of anilines is 3. The number of rotatable bonds is 23. The number of aliphatic hydroxyl groups is 1. The van der Waals surface area contributed by atoms with Gasteiger partial charge in [0, 0.05) is 48.8 Å². The summed E-state index contributed by atoms with van der Waals surface area (Å²) in [6.45, 7) is 16.6. The number of nitrogens with zero attached hydrogens (tertiary/aromatic N) is 3. The number of aromatic nitrogens is 1. The average molecular weight is 1300 g/mol. The summed E-state index contributed by atoms with van der Waals surface area (Å²) < 4.78 is 0. The molecule has 0 saturated carbocycles. The van der Waals surface area contributed by atoms with Gasteiger partial charge in [-0.05, 0) is 155 Å². The van der Waals surface area contributed by atoms with Crippen molar-refractivity contribution in [1.29, 1.82) is 0 Å². The maximum absolute atomic E-state index is 10.0. The summed E-state index contributed by atoms with van der Waals surface area (Å²) in [5.41, 5.74) is 20.7. The second-order valence-corrected chi connectivity index (χ2v) is 24.2. The summed E-state index contributed by atoms with van der Waals surface area (Å²) in [6, 6.07) is 71.9. The van der Waals surface area contributed by atoms with Crippen LogP contribution in [0.4, 0.5) is 17.1 Å². The van der Waals surface area contributed by atoms with Gasteiger partial charge < -0.3 is 20.3 Å². The number of hydrogen-bond donors (Lipinski definition) is 1. The molecule has 1 aliphatic heterocycles. The smallest absolute Gasteiger partial charge is 0.0630 e. The Morgan fingerprint density at radius 1 is 0.565 bits per heavy atom. The second-order valence-electron chi connectivity index (χ2n) is 24.2. The van der Waals surface area contributed by atoms with Crippen LogP contribution < -0.4 is 4.90 Å². The normalized spacial score (nSPS) is 14.4. The maximum atomic E-state index is 10.0. The molecule has 1 saturated heterocycles. The minimum atomic E-state index is -0.405. The van der Waals surface area contributed by atoms with Gasteiger partial charge in [-0.2, -0.15) is 0 Å². The Labute approximate surface area is 525 Å². The Hall–Kier alpha value is -6.46. The van der Waals surface area contributed by atoms with Crippen LogP contribution in [0, 0.1) is 26.8 Å². The van der Waals surface area contributed by atoms with E-state index in [0.29, 0.717) is 5.92 Å². The molecular weight excluding hydrogens is 1210 g/mol. The van der Waals surface area contributed by atoms with Crippen LogP contribution in [0.1, 0.15) is 188 Å². The number of benzene rings is 8. The van der Waals surface area contributed by atoms with Crippen LogP contribution in [-0.4, -0.2) is 22.7 Å². The van der Waals surface area contributed by atoms with Crippen LogP contribution >= 0.6 is 0 Å². The van der Waals surface area contributed by atoms with Crippen LogP contribution in [0.3, 0.4) is 0 Å². The van der Waals surface area contributed by atoms with E-state index in [-0.39, 0.29) is 31.6 Å². The van der Waals surface area contributed by atoms with Gasteiger partial charge in [0.15, 0.2) is 0 Å². The van der Waals surface area contributed by atoms with Crippen LogP contribution in [0.2, 0.25) is 0 Å². The zero-order valence-electron chi connectivity index (χ0n) is 52.1. The van der Waals surface area contributed by atoms with Gasteiger partial charge in [-0.25, -0.2) is 0 Å². The Morgan fingerprint density at radius 3 is 1.69 bits per heavy atom. The maximum Gasteiger partial charge on any atom is 0.0630 e. The summed E-state index contributed by atoms with van der Waals surface area (Å²) >= 11 is 0. The van der Waals surface area contributed by atoms with E-state index in [9.17, 15) is 5.11 Å². The Balaban J connectivity index is 0.000000243. The molecule has 1 aliphatic carbocycles. The zero-order valence-corrected chi connectivity index (χ0v) is 54.5. The van der Waals surface area contributed by atoms with E-state index in [1.54, 1.807) is 11.1 Å². The summed E-state index contributed by atoms with van der Waals surface area (Å²) in [6.07, 6.45) is 23.3. The molecule has 445 valence electrons. The molecule has 8 aromatic carbocycles. The molecule has 3 atom stereocenters. The van der Waals surface area contributed by atoms with E-state index in [1.807, 2.05) is 72.9 Å². The third-order valence-electron chi connectivity index (χ3n) is 18.0. The fraction of sp³-hybridized carbons (Fsp3) is 0.362. The number of aliphatic hydroxyl groups excluding tert-OH is 1. The van der Waals surface area contributed by atoms with E-state index in [2.05, 4.69) is 191 Å². The number of pyridine rings is 1. The molecule has 85 heavy (non-hydrogen) atoms. The third kappa shape index (κ3) is 16.5. The first-order valence-electron chi connectivity index (χ1n) is 32.2. The molecule has 3 unspecified atom stereocenters. The van der Waals surface area contributed by atoms with E-state index >= 15 is 0 Å². The average Bonchev–Trinajstić information content (AvgIpc) is 1.81. The zero-order chi connectivity index (χ0) is 58.7. The number of aryl methyl sites for hydroxylation is 3. The quantitative estimate of drug-likeness (QED) is 0.0513. The summed E-state index contributed by atoms with van der Waals surface area (Å²) in [5, 5.41) is 16.8. The fourth-order valence-electron chi connectivity index (χ4n) is 12.8. The first-order valence-corrected chi connectivity index (χ1v) is 32.2. The van der Waals surface area contributed by atoms with Gasteiger partial charge in [-0.15, -0.1) is 48.5 Å². The predicted molar refractivity (Wildman–Crippen MR) is 360 cm³/mol. The van der Waals surface area contributed by atoms with Gasteiger partial charge in [-0.1, -0.05) is 250 Å². The van der Waals surface area contributed by atoms with Crippen LogP contribution in [0.15, 0.2) is 194 Å². The van der Waals surface area contributed by atoms with E-state index in [4.69, 9.17) is 0 Å². The first-order chi connectivity index (χ1) is 41.1. The SMILES string of the molecule is CCCCCCCCC1(CCCCCCCC)c2cc(C)ccc2-c2ccc(-c3ccc(N(c4ccc(C)cc4)c4ccc(C(C)CC)cc4)cc3)cc21.Cc1ccc(C(O)C2CCC[N-]2)cc1.[Ir].[c-]1ccccc1-c1nccc2ccccc12. The van der Waals surface area contributed by atoms with Gasteiger partial charge in [0.25, 0.3) is 0 Å². The van der Waals surface area contributed by atoms with Crippen molar-refractivity contribution in [1.82, 2.24) is 4.98 Å². The summed E-state index contributed by atoms with van der Waals surface area (Å²) in [5.74, 6) is 0.561. The Kier molecular flexibility index (Phi) is 24.5. The summed E-state index contributed by atoms with van der Waals surface area (Å²) in [4.78, 5) is 6.85. The molecule has 0 bridgehead atoms. The van der Waals surface area contributed by atoms with Gasteiger partial charge in [0.2, 0.25) is 0 Å². The Morgan fingerprint density at radius 2 is 1.09 bits per heavy atom. The van der Waals surface area contributed by atoms with Crippen molar-refractivity contribution in [3.8, 4) is 33.5 Å². The van der Waals surface area contributed by atoms with Crippen molar-refractivity contribution in [2.75, 3.05) is 11.4 Å². The van der Waals surface area contributed by atoms with Gasteiger partial charge in [0.05, 0.1) is 6.10 Å². The molecule has 9 aromatic rings. The number of hydrogen-bond acceptors (Lipinski definition) is 3. The monoisotopic (exact) mass is 1300 g/mol. The van der Waals surface area contributed by atoms with Crippen LogP contribution in [0.5, 0.6) is 0 Å². The van der Waals surface area contributed by atoms with E-state index in [0.717, 1.165) is 42.6 Å². The first kappa shape index (κ1) is 64.5. The predicted octanol–water partition coefficient (Wildman–Crippen LogP) is 23.0. The van der Waals surface area contributed by atoms with Crippen molar-refractivity contribution >= 4 is 27.8 Å². The number of fused-ring (bicyclic) bond motifs is 4. The van der Waals surface area contributed by atoms with Crippen molar-refractivity contribution in [3.05, 3.63) is 245 Å². The van der Waals surface area contributed by atoms with Crippen molar-refractivity contribution < 1.29 is 25.2 Å². The molecule has 2 aliphatic rings. The summed E-state index contributed by atoms with van der Waals surface area (Å²) in [7, 11) is 0. The molecular formula is C80H93IrN3O-2. The molecule has 1 fully saturated rings. The molecule has 1 aromatic heterocycles. The van der Waals surface area contributed by atoms with E-state index < -0.39 is 6.10 Å².